The van der Waals surface area contributed by atoms with Crippen LogP contribution in [0.2, 0.25) is 0 Å². The second kappa shape index (κ2) is 8.74. The lowest BCUT2D eigenvalue weighted by molar-refractivity contribution is -0.384. The van der Waals surface area contributed by atoms with Crippen LogP contribution in [0, 0.1) is 10.1 Å². The van der Waals surface area contributed by atoms with Crippen LogP contribution in [0.5, 0.6) is 5.75 Å². The molecule has 1 fully saturated rings. The summed E-state index contributed by atoms with van der Waals surface area (Å²) in [4.78, 5) is 37.7. The van der Waals surface area contributed by atoms with Crippen LogP contribution in [-0.2, 0) is 16.0 Å². The van der Waals surface area contributed by atoms with Crippen molar-refractivity contribution in [3.8, 4) is 5.75 Å². The number of morpholine rings is 1. The molecule has 1 aliphatic rings. The molecule has 1 saturated heterocycles. The van der Waals surface area contributed by atoms with Crippen LogP contribution in [0.3, 0.4) is 0 Å². The van der Waals surface area contributed by atoms with Crippen LogP contribution in [0.25, 0.3) is 0 Å². The number of nitro benzene ring substituents is 1. The topological polar surface area (TPSA) is 99.0 Å². The molecule has 2 aromatic rings. The molecule has 1 aliphatic heterocycles. The maximum Gasteiger partial charge on any atom is 0.269 e. The highest BCUT2D eigenvalue weighted by Gasteiger charge is 2.19. The van der Waals surface area contributed by atoms with Gasteiger partial charge in [-0.3, -0.25) is 19.7 Å². The van der Waals surface area contributed by atoms with Gasteiger partial charge in [0.15, 0.2) is 6.61 Å². The number of amides is 1. The van der Waals surface area contributed by atoms with E-state index in [-0.39, 0.29) is 30.4 Å². The Bertz CT molecular complexity index is 827. The largest absolute Gasteiger partial charge is 0.485 e. The van der Waals surface area contributed by atoms with Gasteiger partial charge in [-0.2, -0.15) is 0 Å². The number of benzene rings is 1. The maximum atomic E-state index is 12.3. The molecule has 0 radical (unpaired) electrons. The van der Waals surface area contributed by atoms with Gasteiger partial charge in [0.25, 0.3) is 5.69 Å². The Morgan fingerprint density at radius 1 is 1.15 bits per heavy atom. The molecule has 8 nitrogen and oxygen atoms in total. The van der Waals surface area contributed by atoms with E-state index < -0.39 is 4.92 Å². The van der Waals surface area contributed by atoms with Crippen molar-refractivity contribution in [3.05, 3.63) is 56.3 Å². The number of carbonyl (C=O) groups excluding carboxylic acids is 2. The summed E-state index contributed by atoms with van der Waals surface area (Å²) in [7, 11) is 0. The fourth-order valence-electron chi connectivity index (χ4n) is 2.58. The maximum absolute atomic E-state index is 12.3. The Kier molecular flexibility index (Phi) is 6.15. The number of nitro groups is 1. The molecule has 0 N–H and O–H groups in total. The fraction of sp³-hybridized carbons (Fsp3) is 0.333. The van der Waals surface area contributed by atoms with Gasteiger partial charge in [-0.1, -0.05) is 0 Å². The zero-order chi connectivity index (χ0) is 19.2. The van der Waals surface area contributed by atoms with Crippen LogP contribution < -0.4 is 4.74 Å². The molecule has 3 rings (SSSR count). The molecule has 2 heterocycles. The number of ketones is 1. The smallest absolute Gasteiger partial charge is 0.269 e. The molecule has 9 heteroatoms. The summed E-state index contributed by atoms with van der Waals surface area (Å²) in [6.45, 7) is 2.13. The van der Waals surface area contributed by atoms with E-state index in [2.05, 4.69) is 0 Å². The summed E-state index contributed by atoms with van der Waals surface area (Å²) in [5.41, 5.74) is -0.0403. The molecule has 1 aromatic carbocycles. The third-order valence-electron chi connectivity index (χ3n) is 4.04. The molecule has 0 spiro atoms. The van der Waals surface area contributed by atoms with Crippen LogP contribution in [0.1, 0.15) is 14.5 Å². The van der Waals surface area contributed by atoms with Gasteiger partial charge in [0.05, 0.1) is 29.4 Å². The van der Waals surface area contributed by atoms with Crippen molar-refractivity contribution in [2.45, 2.75) is 6.42 Å². The summed E-state index contributed by atoms with van der Waals surface area (Å²) >= 11 is 1.28. The average Bonchev–Trinajstić information content (AvgIpc) is 3.15. The monoisotopic (exact) mass is 390 g/mol. The minimum absolute atomic E-state index is 0.0290. The van der Waals surface area contributed by atoms with Crippen molar-refractivity contribution in [2.24, 2.45) is 0 Å². The highest BCUT2D eigenvalue weighted by Crippen LogP contribution is 2.21. The molecule has 0 aliphatic carbocycles. The predicted octanol–water partition coefficient (Wildman–Crippen LogP) is 2.32. The van der Waals surface area contributed by atoms with Crippen LogP contribution in [0.15, 0.2) is 36.4 Å². The van der Waals surface area contributed by atoms with Crippen molar-refractivity contribution in [2.75, 3.05) is 32.9 Å². The highest BCUT2D eigenvalue weighted by atomic mass is 32.1. The van der Waals surface area contributed by atoms with E-state index in [4.69, 9.17) is 9.47 Å². The number of carbonyl (C=O) groups is 2. The number of hydrogen-bond acceptors (Lipinski definition) is 7. The van der Waals surface area contributed by atoms with E-state index in [1.807, 2.05) is 0 Å². The molecule has 1 aromatic heterocycles. The van der Waals surface area contributed by atoms with Gasteiger partial charge < -0.3 is 14.4 Å². The normalized spacial score (nSPS) is 14.0. The van der Waals surface area contributed by atoms with Gasteiger partial charge in [-0.15, -0.1) is 11.3 Å². The van der Waals surface area contributed by atoms with Crippen molar-refractivity contribution in [3.63, 3.8) is 0 Å². The number of hydrogen-bond donors (Lipinski definition) is 0. The second-order valence-corrected chi connectivity index (χ2v) is 7.07. The Labute approximate surface area is 159 Å². The number of thiophene rings is 1. The molecular weight excluding hydrogens is 372 g/mol. The minimum atomic E-state index is -0.500. The van der Waals surface area contributed by atoms with Crippen molar-refractivity contribution >= 4 is 28.7 Å². The molecule has 1 amide bonds. The first-order valence-corrected chi connectivity index (χ1v) is 9.19. The number of non-ortho nitro benzene ring substituents is 1. The van der Waals surface area contributed by atoms with Crippen molar-refractivity contribution in [1.82, 2.24) is 4.90 Å². The molecule has 0 atom stereocenters. The Balaban J connectivity index is 1.51. The molecule has 0 saturated carbocycles. The van der Waals surface area contributed by atoms with E-state index in [9.17, 15) is 19.7 Å². The SMILES string of the molecule is O=C(COc1ccc([N+](=O)[O-])cc1)c1ccc(CC(=O)N2CCOCC2)s1. The van der Waals surface area contributed by atoms with Crippen LogP contribution in [0.4, 0.5) is 5.69 Å². The van der Waals surface area contributed by atoms with E-state index >= 15 is 0 Å². The number of Topliss-reactive ketones (excluding diaryl/α,β-unsaturated/α-hetero) is 1. The second-order valence-electron chi connectivity index (χ2n) is 5.90. The van der Waals surface area contributed by atoms with Crippen molar-refractivity contribution in [1.29, 1.82) is 0 Å². The lowest BCUT2D eigenvalue weighted by Gasteiger charge is -2.26. The third kappa shape index (κ3) is 5.11. The van der Waals surface area contributed by atoms with Gasteiger partial charge >= 0.3 is 0 Å². The Hall–Kier alpha value is -2.78. The minimum Gasteiger partial charge on any atom is -0.485 e. The summed E-state index contributed by atoms with van der Waals surface area (Å²) in [6.07, 6.45) is 0.265. The third-order valence-corrected chi connectivity index (χ3v) is 5.17. The van der Waals surface area contributed by atoms with Gasteiger partial charge in [-0.25, -0.2) is 0 Å². The zero-order valence-electron chi connectivity index (χ0n) is 14.5. The van der Waals surface area contributed by atoms with Gasteiger partial charge in [0.2, 0.25) is 11.7 Å². The zero-order valence-corrected chi connectivity index (χ0v) is 15.3. The first-order valence-electron chi connectivity index (χ1n) is 8.37. The summed E-state index contributed by atoms with van der Waals surface area (Å²) in [6, 6.07) is 9.01. The number of nitrogens with zero attached hydrogens (tertiary/aromatic N) is 2. The molecule has 142 valence electrons. The van der Waals surface area contributed by atoms with Crippen LogP contribution in [-0.4, -0.2) is 54.4 Å². The molecular formula is C18H18N2O6S. The predicted molar refractivity (Wildman–Crippen MR) is 98.3 cm³/mol. The summed E-state index contributed by atoms with van der Waals surface area (Å²) in [5, 5.41) is 10.6. The Morgan fingerprint density at radius 2 is 1.85 bits per heavy atom. The van der Waals surface area contributed by atoms with Crippen molar-refractivity contribution < 1.29 is 24.0 Å². The Morgan fingerprint density at radius 3 is 2.52 bits per heavy atom. The van der Waals surface area contributed by atoms with Gasteiger partial charge in [0, 0.05) is 30.1 Å². The van der Waals surface area contributed by atoms with E-state index in [0.717, 1.165) is 4.88 Å². The first-order chi connectivity index (χ1) is 13.0. The van der Waals surface area contributed by atoms with Gasteiger partial charge in [0.1, 0.15) is 5.75 Å². The standard InChI is InChI=1S/C18H18N2O6S/c21-16(12-26-14-3-1-13(2-4-14)20(23)24)17-6-5-15(27-17)11-18(22)19-7-9-25-10-8-19/h1-6H,7-12H2. The molecule has 0 unspecified atom stereocenters. The lowest BCUT2D eigenvalue weighted by atomic mass is 10.2. The van der Waals surface area contributed by atoms with Gasteiger partial charge in [-0.05, 0) is 24.3 Å². The fourth-order valence-corrected chi connectivity index (χ4v) is 3.50. The summed E-state index contributed by atoms with van der Waals surface area (Å²) in [5.74, 6) is 0.206. The quantitative estimate of drug-likeness (QED) is 0.409. The first kappa shape index (κ1) is 19.0. The molecule has 0 bridgehead atoms. The van der Waals surface area contributed by atoms with E-state index in [0.29, 0.717) is 36.9 Å². The number of rotatable bonds is 7. The lowest BCUT2D eigenvalue weighted by Crippen LogP contribution is -2.41. The van der Waals surface area contributed by atoms with E-state index in [1.54, 1.807) is 17.0 Å². The molecule has 27 heavy (non-hydrogen) atoms. The highest BCUT2D eigenvalue weighted by molar-refractivity contribution is 7.14. The summed E-state index contributed by atoms with van der Waals surface area (Å²) < 4.78 is 10.6. The van der Waals surface area contributed by atoms with Crippen LogP contribution >= 0.6 is 11.3 Å². The van der Waals surface area contributed by atoms with E-state index in [1.165, 1.54) is 35.6 Å². The number of ether oxygens (including phenoxy) is 2. The average molecular weight is 390 g/mol.